The number of likely N-dealkylation sites (N-methyl/N-ethyl adjacent to an activating group) is 1. The smallest absolute Gasteiger partial charge is 0.321 e. The normalized spacial score (nSPS) is 20.5. The lowest BCUT2D eigenvalue weighted by molar-refractivity contribution is -0.0115. The lowest BCUT2D eigenvalue weighted by Crippen LogP contribution is -2.48. The SMILES string of the molecule is C[C@H]1CCCCO[C@H](CN(C)C(=O)Nc2ccccc2)[C@@H](C)CN([C@@H](C)CO)C(=O)c2cc(NS(=O)(=O)c3cccs3)ccc2O1. The van der Waals surface area contributed by atoms with Gasteiger partial charge in [0.1, 0.15) is 9.96 Å². The number of hydrogen-bond donors (Lipinski definition) is 3. The highest BCUT2D eigenvalue weighted by Crippen LogP contribution is 2.30. The Bertz CT molecular complexity index is 1540. The Kier molecular flexibility index (Phi) is 12.4. The second-order valence-electron chi connectivity index (χ2n) is 11.7. The fourth-order valence-corrected chi connectivity index (χ4v) is 7.21. The van der Waals surface area contributed by atoms with Crippen molar-refractivity contribution in [2.75, 3.05) is 43.4 Å². The number of thiophene rings is 1. The molecule has 4 atom stereocenters. The van der Waals surface area contributed by atoms with E-state index in [1.54, 1.807) is 47.4 Å². The van der Waals surface area contributed by atoms with Gasteiger partial charge in [0.05, 0.1) is 30.4 Å². The van der Waals surface area contributed by atoms with Gasteiger partial charge in [-0.15, -0.1) is 11.3 Å². The van der Waals surface area contributed by atoms with Gasteiger partial charge in [-0.2, -0.15) is 0 Å². The maximum absolute atomic E-state index is 14.3. The summed E-state index contributed by atoms with van der Waals surface area (Å²) in [7, 11) is -2.15. The van der Waals surface area contributed by atoms with Gasteiger partial charge in [-0.1, -0.05) is 31.2 Å². The van der Waals surface area contributed by atoms with Crippen LogP contribution in [-0.4, -0.2) is 86.9 Å². The summed E-state index contributed by atoms with van der Waals surface area (Å²) in [5, 5.41) is 14.7. The van der Waals surface area contributed by atoms with Gasteiger partial charge < -0.3 is 29.7 Å². The van der Waals surface area contributed by atoms with Crippen LogP contribution in [-0.2, 0) is 14.8 Å². The van der Waals surface area contributed by atoms with Gasteiger partial charge in [0.2, 0.25) is 0 Å². The number of aliphatic hydroxyl groups excluding tert-OH is 1. The van der Waals surface area contributed by atoms with Crippen LogP contribution >= 0.6 is 11.3 Å². The molecular formula is C33H44N4O7S2. The maximum Gasteiger partial charge on any atom is 0.321 e. The Balaban J connectivity index is 1.62. The zero-order valence-electron chi connectivity index (χ0n) is 26.7. The number of nitrogens with one attached hydrogen (secondary N) is 2. The van der Waals surface area contributed by atoms with E-state index in [4.69, 9.17) is 9.47 Å². The van der Waals surface area contributed by atoms with Crippen LogP contribution in [0.2, 0.25) is 0 Å². The molecule has 2 aromatic carbocycles. The fraction of sp³-hybridized carbons (Fsp3) is 0.455. The monoisotopic (exact) mass is 672 g/mol. The fourth-order valence-electron chi connectivity index (χ4n) is 5.16. The number of aliphatic hydroxyl groups is 1. The van der Waals surface area contributed by atoms with E-state index in [-0.39, 0.29) is 53.2 Å². The number of benzene rings is 2. The summed E-state index contributed by atoms with van der Waals surface area (Å²) in [5.74, 6) is -0.322. The van der Waals surface area contributed by atoms with E-state index in [0.717, 1.165) is 24.2 Å². The van der Waals surface area contributed by atoms with Gasteiger partial charge in [0, 0.05) is 44.0 Å². The topological polar surface area (TPSA) is 138 Å². The number of fused-ring (bicyclic) bond motifs is 1. The van der Waals surface area contributed by atoms with Crippen LogP contribution in [0.4, 0.5) is 16.2 Å². The van der Waals surface area contributed by atoms with Crippen molar-refractivity contribution in [1.29, 1.82) is 0 Å². The Morgan fingerprint density at radius 1 is 1.11 bits per heavy atom. The molecular weight excluding hydrogens is 629 g/mol. The molecule has 1 aliphatic rings. The summed E-state index contributed by atoms with van der Waals surface area (Å²) in [4.78, 5) is 30.4. The highest BCUT2D eigenvalue weighted by Gasteiger charge is 2.31. The molecule has 4 rings (SSSR count). The second-order valence-corrected chi connectivity index (χ2v) is 14.6. The number of para-hydroxylation sites is 1. The first-order valence-electron chi connectivity index (χ1n) is 15.5. The van der Waals surface area contributed by atoms with Crippen LogP contribution in [0.5, 0.6) is 5.75 Å². The Morgan fingerprint density at radius 3 is 2.57 bits per heavy atom. The third-order valence-corrected chi connectivity index (χ3v) is 10.7. The predicted molar refractivity (Wildman–Crippen MR) is 180 cm³/mol. The van der Waals surface area contributed by atoms with Crippen molar-refractivity contribution in [1.82, 2.24) is 9.80 Å². The van der Waals surface area contributed by atoms with Crippen LogP contribution in [0.25, 0.3) is 0 Å². The van der Waals surface area contributed by atoms with Crippen molar-refractivity contribution >= 4 is 44.7 Å². The van der Waals surface area contributed by atoms with Crippen molar-refractivity contribution in [3.8, 4) is 5.75 Å². The number of anilines is 2. The zero-order valence-corrected chi connectivity index (χ0v) is 28.4. The molecule has 46 heavy (non-hydrogen) atoms. The Morgan fingerprint density at radius 2 is 1.87 bits per heavy atom. The van der Waals surface area contributed by atoms with Crippen LogP contribution in [0.15, 0.2) is 70.3 Å². The summed E-state index contributed by atoms with van der Waals surface area (Å²) in [6.45, 7) is 6.29. The van der Waals surface area contributed by atoms with Gasteiger partial charge >= 0.3 is 6.03 Å². The summed E-state index contributed by atoms with van der Waals surface area (Å²) in [6, 6.07) is 16.2. The number of amides is 3. The lowest BCUT2D eigenvalue weighted by atomic mass is 10.0. The quantitative estimate of drug-likeness (QED) is 0.287. The van der Waals surface area contributed by atoms with Crippen molar-refractivity contribution < 1.29 is 32.6 Å². The highest BCUT2D eigenvalue weighted by atomic mass is 32.2. The summed E-state index contributed by atoms with van der Waals surface area (Å²) < 4.78 is 41.2. The van der Waals surface area contributed by atoms with E-state index in [0.29, 0.717) is 24.5 Å². The summed E-state index contributed by atoms with van der Waals surface area (Å²) in [5.41, 5.74) is 1.08. The van der Waals surface area contributed by atoms with Crippen LogP contribution in [0, 0.1) is 5.92 Å². The molecule has 0 radical (unpaired) electrons. The first kappa shape index (κ1) is 35.2. The summed E-state index contributed by atoms with van der Waals surface area (Å²) >= 11 is 1.09. The van der Waals surface area contributed by atoms with E-state index in [1.165, 1.54) is 12.1 Å². The maximum atomic E-state index is 14.3. The largest absolute Gasteiger partial charge is 0.490 e. The molecule has 0 fully saturated rings. The molecule has 0 unspecified atom stereocenters. The average Bonchev–Trinajstić information content (AvgIpc) is 3.59. The molecule has 3 aromatic rings. The minimum atomic E-state index is -3.85. The number of carbonyl (C=O) groups excluding carboxylic acids is 2. The first-order chi connectivity index (χ1) is 22.0. The van der Waals surface area contributed by atoms with Gasteiger partial charge in [-0.3, -0.25) is 9.52 Å². The molecule has 11 nitrogen and oxygen atoms in total. The van der Waals surface area contributed by atoms with E-state index in [1.807, 2.05) is 44.2 Å². The highest BCUT2D eigenvalue weighted by molar-refractivity contribution is 7.94. The number of ether oxygens (including phenoxy) is 2. The minimum Gasteiger partial charge on any atom is -0.490 e. The van der Waals surface area contributed by atoms with Crippen molar-refractivity contribution in [3.05, 3.63) is 71.6 Å². The van der Waals surface area contributed by atoms with Crippen LogP contribution in [0.3, 0.4) is 0 Å². The molecule has 0 spiro atoms. The lowest BCUT2D eigenvalue weighted by Gasteiger charge is -2.35. The molecule has 1 aliphatic heterocycles. The molecule has 13 heteroatoms. The number of carbonyl (C=O) groups is 2. The third kappa shape index (κ3) is 9.44. The molecule has 0 aliphatic carbocycles. The molecule has 2 heterocycles. The van der Waals surface area contributed by atoms with Crippen LogP contribution in [0.1, 0.15) is 50.4 Å². The number of hydrogen-bond acceptors (Lipinski definition) is 8. The molecule has 0 saturated carbocycles. The van der Waals surface area contributed by atoms with Crippen molar-refractivity contribution in [2.24, 2.45) is 5.92 Å². The van der Waals surface area contributed by atoms with Gasteiger partial charge in [-0.05, 0) is 74.9 Å². The number of nitrogens with zero attached hydrogens (tertiary/aromatic N) is 2. The van der Waals surface area contributed by atoms with Gasteiger partial charge in [0.25, 0.3) is 15.9 Å². The van der Waals surface area contributed by atoms with E-state index in [2.05, 4.69) is 10.0 Å². The van der Waals surface area contributed by atoms with Gasteiger partial charge in [-0.25, -0.2) is 13.2 Å². The average molecular weight is 673 g/mol. The molecule has 0 bridgehead atoms. The van der Waals surface area contributed by atoms with Crippen molar-refractivity contribution in [2.45, 2.75) is 62.5 Å². The molecule has 0 saturated heterocycles. The van der Waals surface area contributed by atoms with Gasteiger partial charge in [0.15, 0.2) is 0 Å². The first-order valence-corrected chi connectivity index (χ1v) is 17.8. The third-order valence-electron chi connectivity index (χ3n) is 7.89. The van der Waals surface area contributed by atoms with Crippen LogP contribution < -0.4 is 14.8 Å². The number of rotatable bonds is 8. The summed E-state index contributed by atoms with van der Waals surface area (Å²) in [6.07, 6.45) is 1.67. The molecule has 3 N–H and O–H groups in total. The predicted octanol–water partition coefficient (Wildman–Crippen LogP) is 5.51. The standard InChI is InChI=1S/C33H44N4O7S2/c1-23-20-37(24(2)22-38)32(39)28-19-27(35-46(41,42)31-14-10-18-45-31)15-16-29(28)44-25(3)11-8-9-17-43-30(23)21-36(4)33(40)34-26-12-6-5-7-13-26/h5-7,10,12-16,18-19,23-25,30,35,38H,8-9,11,17,20-22H2,1-4H3,(H,34,40)/t23-,24-,25-,30+/m0/s1. The zero-order chi connectivity index (χ0) is 33.3. The van der Waals surface area contributed by atoms with E-state index in [9.17, 15) is 23.1 Å². The second kappa shape index (κ2) is 16.3. The van der Waals surface area contributed by atoms with E-state index < -0.39 is 28.1 Å². The Hall–Kier alpha value is -3.65. The Labute approximate surface area is 275 Å². The number of urea groups is 1. The van der Waals surface area contributed by atoms with E-state index >= 15 is 0 Å². The number of sulfonamides is 1. The molecule has 3 amide bonds. The van der Waals surface area contributed by atoms with Crippen molar-refractivity contribution in [3.63, 3.8) is 0 Å². The minimum absolute atomic E-state index is 0.154. The molecule has 1 aromatic heterocycles. The molecule has 250 valence electrons.